The number of hydrogen-bond acceptors (Lipinski definition) is 2. The fourth-order valence-electron chi connectivity index (χ4n) is 2.56. The van der Waals surface area contributed by atoms with Crippen molar-refractivity contribution in [1.29, 1.82) is 0 Å². The van der Waals surface area contributed by atoms with Gasteiger partial charge in [-0.25, -0.2) is 9.78 Å². The number of para-hydroxylation sites is 2. The van der Waals surface area contributed by atoms with Crippen LogP contribution in [0.25, 0.3) is 11.0 Å². The molecule has 0 unspecified atom stereocenters. The molecule has 0 bridgehead atoms. The third-order valence-corrected chi connectivity index (χ3v) is 4.54. The third kappa shape index (κ3) is 3.63. The number of rotatable bonds is 5. The van der Waals surface area contributed by atoms with Crippen molar-refractivity contribution in [1.82, 2.24) is 15.3 Å². The molecule has 1 aromatic heterocycles. The molecule has 0 saturated heterocycles. The quantitative estimate of drug-likeness (QED) is 0.633. The van der Waals surface area contributed by atoms with Gasteiger partial charge in [0.15, 0.2) is 0 Å². The van der Waals surface area contributed by atoms with E-state index in [2.05, 4.69) is 15.3 Å². The van der Waals surface area contributed by atoms with E-state index in [1.54, 1.807) is 6.07 Å². The summed E-state index contributed by atoms with van der Waals surface area (Å²) in [4.78, 5) is 18.3. The second kappa shape index (κ2) is 7.11. The fraction of sp³-hybridized carbons (Fsp3) is 0.176. The number of nitrogens with one attached hydrogen (secondary N) is 2. The van der Waals surface area contributed by atoms with Gasteiger partial charge in [0, 0.05) is 23.0 Å². The maximum Gasteiger partial charge on any atom is 0.404 e. The van der Waals surface area contributed by atoms with Crippen LogP contribution in [0.3, 0.4) is 0 Å². The standard InChI is InChI=1S/C17H15Cl2N3O2/c18-12-6-5-10(7-8-20-17(23)24)16(19)11(12)9-15-21-13-3-1-2-4-14(13)22-15/h1-6,20H,7-9H2,(H,21,22)(H,23,24). The fourth-order valence-corrected chi connectivity index (χ4v) is 3.16. The number of hydrogen-bond donors (Lipinski definition) is 3. The number of halogens is 2. The molecule has 3 rings (SSSR count). The second-order valence-electron chi connectivity index (χ2n) is 5.36. The van der Waals surface area contributed by atoms with Crippen LogP contribution >= 0.6 is 23.2 Å². The van der Waals surface area contributed by atoms with Gasteiger partial charge in [-0.05, 0) is 35.7 Å². The summed E-state index contributed by atoms with van der Waals surface area (Å²) < 4.78 is 0. The number of nitrogens with zero attached hydrogens (tertiary/aromatic N) is 1. The summed E-state index contributed by atoms with van der Waals surface area (Å²) in [6.45, 7) is 0.292. The van der Waals surface area contributed by atoms with E-state index in [4.69, 9.17) is 28.3 Å². The van der Waals surface area contributed by atoms with Crippen LogP contribution in [0.2, 0.25) is 10.0 Å². The van der Waals surface area contributed by atoms with Gasteiger partial charge in [-0.2, -0.15) is 0 Å². The maximum absolute atomic E-state index is 10.5. The molecule has 3 aromatic rings. The average Bonchev–Trinajstić information content (AvgIpc) is 2.96. The minimum Gasteiger partial charge on any atom is -0.465 e. The predicted molar refractivity (Wildman–Crippen MR) is 95.1 cm³/mol. The normalized spacial score (nSPS) is 10.9. The highest BCUT2D eigenvalue weighted by Crippen LogP contribution is 2.30. The highest BCUT2D eigenvalue weighted by atomic mass is 35.5. The molecule has 0 spiro atoms. The van der Waals surface area contributed by atoms with Crippen LogP contribution in [0.1, 0.15) is 17.0 Å². The van der Waals surface area contributed by atoms with Crippen LogP contribution in [0.15, 0.2) is 36.4 Å². The number of fused-ring (bicyclic) bond motifs is 1. The molecule has 2 aromatic carbocycles. The molecule has 0 fully saturated rings. The SMILES string of the molecule is O=C(O)NCCc1ccc(Cl)c(Cc2nc3ccccc3[nH]2)c1Cl. The number of amides is 1. The van der Waals surface area contributed by atoms with E-state index in [0.717, 1.165) is 28.0 Å². The van der Waals surface area contributed by atoms with Crippen LogP contribution in [0, 0.1) is 0 Å². The van der Waals surface area contributed by atoms with Gasteiger partial charge in [0.05, 0.1) is 11.0 Å². The van der Waals surface area contributed by atoms with Gasteiger partial charge in [0.1, 0.15) is 5.82 Å². The summed E-state index contributed by atoms with van der Waals surface area (Å²) >= 11 is 12.8. The van der Waals surface area contributed by atoms with Crippen molar-refractivity contribution in [3.8, 4) is 0 Å². The first-order valence-electron chi connectivity index (χ1n) is 7.41. The molecule has 24 heavy (non-hydrogen) atoms. The Labute approximate surface area is 148 Å². The lowest BCUT2D eigenvalue weighted by molar-refractivity contribution is 0.194. The van der Waals surface area contributed by atoms with E-state index in [1.165, 1.54) is 0 Å². The van der Waals surface area contributed by atoms with E-state index in [9.17, 15) is 4.79 Å². The summed E-state index contributed by atoms with van der Waals surface area (Å²) in [7, 11) is 0. The molecule has 3 N–H and O–H groups in total. The van der Waals surface area contributed by atoms with Crippen molar-refractivity contribution in [2.75, 3.05) is 6.54 Å². The number of benzene rings is 2. The molecule has 1 heterocycles. The van der Waals surface area contributed by atoms with Crippen molar-refractivity contribution in [2.45, 2.75) is 12.8 Å². The Bertz CT molecular complexity index is 860. The predicted octanol–water partition coefficient (Wildman–Crippen LogP) is 4.27. The van der Waals surface area contributed by atoms with Gasteiger partial charge in [-0.1, -0.05) is 41.4 Å². The minimum absolute atomic E-state index is 0.292. The number of H-pyrrole nitrogens is 1. The molecular formula is C17H15Cl2N3O2. The molecule has 0 saturated carbocycles. The van der Waals surface area contributed by atoms with Crippen molar-refractivity contribution in [3.05, 3.63) is 63.4 Å². The van der Waals surface area contributed by atoms with Crippen molar-refractivity contribution in [2.24, 2.45) is 0 Å². The average molecular weight is 364 g/mol. The van der Waals surface area contributed by atoms with Crippen molar-refractivity contribution in [3.63, 3.8) is 0 Å². The van der Waals surface area contributed by atoms with Crippen LogP contribution in [-0.2, 0) is 12.8 Å². The van der Waals surface area contributed by atoms with E-state index in [-0.39, 0.29) is 0 Å². The monoisotopic (exact) mass is 363 g/mol. The van der Waals surface area contributed by atoms with Crippen molar-refractivity contribution >= 4 is 40.3 Å². The maximum atomic E-state index is 10.5. The lowest BCUT2D eigenvalue weighted by Gasteiger charge is -2.11. The Morgan fingerprint density at radius 2 is 2.00 bits per heavy atom. The first-order chi connectivity index (χ1) is 11.5. The number of aromatic amines is 1. The number of imidazole rings is 1. The van der Waals surface area contributed by atoms with Gasteiger partial charge in [0.2, 0.25) is 0 Å². The molecule has 124 valence electrons. The number of carboxylic acid groups (broad SMARTS) is 1. The van der Waals surface area contributed by atoms with Gasteiger partial charge < -0.3 is 15.4 Å². The molecule has 5 nitrogen and oxygen atoms in total. The molecule has 0 radical (unpaired) electrons. The van der Waals surface area contributed by atoms with Crippen LogP contribution in [0.5, 0.6) is 0 Å². The Balaban J connectivity index is 1.85. The number of aromatic nitrogens is 2. The van der Waals surface area contributed by atoms with E-state index < -0.39 is 6.09 Å². The Hall–Kier alpha value is -2.24. The summed E-state index contributed by atoms with van der Waals surface area (Å²) in [5.41, 5.74) is 3.48. The van der Waals surface area contributed by atoms with E-state index >= 15 is 0 Å². The lowest BCUT2D eigenvalue weighted by atomic mass is 10.0. The highest BCUT2D eigenvalue weighted by Gasteiger charge is 2.13. The van der Waals surface area contributed by atoms with Gasteiger partial charge in [0.25, 0.3) is 0 Å². The molecular weight excluding hydrogens is 349 g/mol. The molecule has 0 atom stereocenters. The van der Waals surface area contributed by atoms with Crippen molar-refractivity contribution < 1.29 is 9.90 Å². The topological polar surface area (TPSA) is 78.0 Å². The van der Waals surface area contributed by atoms with E-state index in [0.29, 0.717) is 29.4 Å². The summed E-state index contributed by atoms with van der Waals surface area (Å²) in [5.74, 6) is 0.779. The highest BCUT2D eigenvalue weighted by molar-refractivity contribution is 6.36. The van der Waals surface area contributed by atoms with Gasteiger partial charge in [-0.15, -0.1) is 0 Å². The largest absolute Gasteiger partial charge is 0.465 e. The second-order valence-corrected chi connectivity index (χ2v) is 6.14. The zero-order valence-corrected chi connectivity index (χ0v) is 14.2. The molecule has 1 amide bonds. The molecule has 0 aliphatic heterocycles. The summed E-state index contributed by atoms with van der Waals surface area (Å²) in [6, 6.07) is 11.4. The summed E-state index contributed by atoms with van der Waals surface area (Å²) in [5, 5.41) is 12.1. The first kappa shape index (κ1) is 16.6. The van der Waals surface area contributed by atoms with Crippen LogP contribution < -0.4 is 5.32 Å². The summed E-state index contributed by atoms with van der Waals surface area (Å²) in [6.07, 6.45) is -0.0790. The van der Waals surface area contributed by atoms with Crippen LogP contribution in [-0.4, -0.2) is 27.7 Å². The zero-order chi connectivity index (χ0) is 17.1. The first-order valence-corrected chi connectivity index (χ1v) is 8.16. The molecule has 0 aliphatic carbocycles. The Morgan fingerprint density at radius 1 is 1.21 bits per heavy atom. The zero-order valence-electron chi connectivity index (χ0n) is 12.6. The van der Waals surface area contributed by atoms with Gasteiger partial charge in [-0.3, -0.25) is 0 Å². The van der Waals surface area contributed by atoms with Gasteiger partial charge >= 0.3 is 6.09 Å². The van der Waals surface area contributed by atoms with Crippen LogP contribution in [0.4, 0.5) is 4.79 Å². The molecule has 0 aliphatic rings. The molecule has 7 heteroatoms. The minimum atomic E-state index is -1.05. The smallest absolute Gasteiger partial charge is 0.404 e. The third-order valence-electron chi connectivity index (χ3n) is 3.72. The number of carbonyl (C=O) groups is 1. The Kier molecular flexibility index (Phi) is 4.92. The Morgan fingerprint density at radius 3 is 2.75 bits per heavy atom. The van der Waals surface area contributed by atoms with E-state index in [1.807, 2.05) is 30.3 Å². The lowest BCUT2D eigenvalue weighted by Crippen LogP contribution is -2.23.